The van der Waals surface area contributed by atoms with Crippen molar-refractivity contribution >= 4 is 27.5 Å². The van der Waals surface area contributed by atoms with Gasteiger partial charge in [0.15, 0.2) is 0 Å². The fourth-order valence-corrected chi connectivity index (χ4v) is 5.39. The number of aryl methyl sites for hydroxylation is 1. The Kier molecular flexibility index (Phi) is 11.3. The number of hydrogen-bond acceptors (Lipinski definition) is 4. The van der Waals surface area contributed by atoms with Gasteiger partial charge >= 0.3 is 0 Å². The van der Waals surface area contributed by atoms with Crippen molar-refractivity contribution in [2.75, 3.05) is 23.7 Å². The summed E-state index contributed by atoms with van der Waals surface area (Å²) >= 11 is 0. The fraction of sp³-hybridized carbons (Fsp3) is 0.355. The van der Waals surface area contributed by atoms with E-state index in [1.54, 1.807) is 4.90 Å². The Morgan fingerprint density at radius 2 is 1.57 bits per heavy atom. The predicted octanol–water partition coefficient (Wildman–Crippen LogP) is 4.85. The summed E-state index contributed by atoms with van der Waals surface area (Å²) in [4.78, 5) is 28.8. The van der Waals surface area contributed by atoms with Gasteiger partial charge in [0, 0.05) is 32.5 Å². The number of carbonyl (C=O) groups is 2. The zero-order valence-electron chi connectivity index (χ0n) is 23.3. The van der Waals surface area contributed by atoms with Gasteiger partial charge in [0.25, 0.3) is 0 Å². The van der Waals surface area contributed by atoms with Crippen molar-refractivity contribution in [3.63, 3.8) is 0 Å². The lowest BCUT2D eigenvalue weighted by Crippen LogP contribution is -2.50. The van der Waals surface area contributed by atoms with Crippen LogP contribution in [0.4, 0.5) is 10.1 Å². The Morgan fingerprint density at radius 1 is 0.925 bits per heavy atom. The van der Waals surface area contributed by atoms with Crippen LogP contribution in [-0.2, 0) is 32.6 Å². The van der Waals surface area contributed by atoms with Crippen LogP contribution in [0, 0.1) is 12.7 Å². The number of halogens is 1. The smallest absolute Gasteiger partial charge is 0.243 e. The van der Waals surface area contributed by atoms with Crippen molar-refractivity contribution in [3.05, 3.63) is 101 Å². The van der Waals surface area contributed by atoms with Gasteiger partial charge in [-0.25, -0.2) is 12.8 Å². The molecule has 1 N–H and O–H groups in total. The lowest BCUT2D eigenvalue weighted by atomic mass is 10.0. The van der Waals surface area contributed by atoms with Gasteiger partial charge in [0.05, 0.1) is 11.9 Å². The molecule has 0 fully saturated rings. The predicted molar refractivity (Wildman–Crippen MR) is 157 cm³/mol. The van der Waals surface area contributed by atoms with Gasteiger partial charge in [-0.15, -0.1) is 0 Å². The molecular formula is C31H38FN3O4S. The van der Waals surface area contributed by atoms with Crippen LogP contribution in [0.1, 0.15) is 42.9 Å². The normalized spacial score (nSPS) is 12.0. The van der Waals surface area contributed by atoms with Crippen molar-refractivity contribution in [1.82, 2.24) is 10.2 Å². The second-order valence-corrected chi connectivity index (χ2v) is 11.8. The molecule has 1 atom stereocenters. The summed E-state index contributed by atoms with van der Waals surface area (Å²) in [5, 5.41) is 2.95. The summed E-state index contributed by atoms with van der Waals surface area (Å²) in [5.74, 6) is -0.944. The summed E-state index contributed by atoms with van der Waals surface area (Å²) in [6, 6.07) is 21.8. The highest BCUT2D eigenvalue weighted by Gasteiger charge is 2.30. The Hall–Kier alpha value is -3.72. The molecule has 0 aliphatic carbocycles. The van der Waals surface area contributed by atoms with Crippen LogP contribution in [-0.4, -0.2) is 50.5 Å². The highest BCUT2D eigenvalue weighted by Crippen LogP contribution is 2.21. The van der Waals surface area contributed by atoms with Gasteiger partial charge in [-0.1, -0.05) is 67.1 Å². The molecule has 7 nitrogen and oxygen atoms in total. The van der Waals surface area contributed by atoms with Crippen LogP contribution in [0.2, 0.25) is 0 Å². The van der Waals surface area contributed by atoms with Crippen LogP contribution in [0.5, 0.6) is 0 Å². The van der Waals surface area contributed by atoms with E-state index in [1.807, 2.05) is 68.4 Å². The Labute approximate surface area is 237 Å². The molecule has 0 aromatic heterocycles. The lowest BCUT2D eigenvalue weighted by molar-refractivity contribution is -0.141. The molecule has 0 aliphatic heterocycles. The summed E-state index contributed by atoms with van der Waals surface area (Å²) in [6.45, 7) is 4.73. The molecule has 0 aliphatic rings. The van der Waals surface area contributed by atoms with Gasteiger partial charge in [0.1, 0.15) is 11.9 Å². The number of rotatable bonds is 14. The van der Waals surface area contributed by atoms with Crippen LogP contribution >= 0.6 is 0 Å². The summed E-state index contributed by atoms with van der Waals surface area (Å²) in [6.07, 6.45) is 2.45. The van der Waals surface area contributed by atoms with Crippen molar-refractivity contribution in [2.45, 2.75) is 52.1 Å². The third-order valence-electron chi connectivity index (χ3n) is 6.56. The Morgan fingerprint density at radius 3 is 2.17 bits per heavy atom. The number of hydrogen-bond donors (Lipinski definition) is 1. The van der Waals surface area contributed by atoms with Crippen molar-refractivity contribution in [2.24, 2.45) is 0 Å². The second-order valence-electron chi connectivity index (χ2n) is 9.92. The quantitative estimate of drug-likeness (QED) is 0.302. The zero-order chi connectivity index (χ0) is 29.1. The molecule has 3 rings (SSSR count). The minimum atomic E-state index is -3.66. The van der Waals surface area contributed by atoms with Crippen molar-refractivity contribution in [3.8, 4) is 0 Å². The average Bonchev–Trinajstić information content (AvgIpc) is 2.93. The van der Waals surface area contributed by atoms with Crippen molar-refractivity contribution in [1.29, 1.82) is 0 Å². The number of nitrogens with zero attached hydrogens (tertiary/aromatic N) is 2. The molecule has 3 aromatic rings. The van der Waals surface area contributed by atoms with Gasteiger partial charge in [0.2, 0.25) is 21.8 Å². The topological polar surface area (TPSA) is 86.8 Å². The average molecular weight is 568 g/mol. The number of carbonyl (C=O) groups excluding carboxylic acids is 2. The summed E-state index contributed by atoms with van der Waals surface area (Å²) in [5.41, 5.74) is 3.24. The minimum absolute atomic E-state index is 0.0332. The third kappa shape index (κ3) is 9.19. The summed E-state index contributed by atoms with van der Waals surface area (Å²) in [7, 11) is -3.66. The largest absolute Gasteiger partial charge is 0.354 e. The first-order valence-corrected chi connectivity index (χ1v) is 15.3. The zero-order valence-corrected chi connectivity index (χ0v) is 24.2. The van der Waals surface area contributed by atoms with E-state index in [9.17, 15) is 22.4 Å². The molecule has 2 amide bonds. The van der Waals surface area contributed by atoms with E-state index in [0.29, 0.717) is 18.7 Å². The third-order valence-corrected chi connectivity index (χ3v) is 7.75. The van der Waals surface area contributed by atoms with Crippen LogP contribution in [0.15, 0.2) is 78.9 Å². The van der Waals surface area contributed by atoms with E-state index < -0.39 is 21.9 Å². The van der Waals surface area contributed by atoms with Gasteiger partial charge < -0.3 is 10.2 Å². The molecule has 0 bridgehead atoms. The first-order chi connectivity index (χ1) is 19.1. The lowest BCUT2D eigenvalue weighted by Gasteiger charge is -2.32. The molecule has 0 heterocycles. The molecule has 0 radical (unpaired) electrons. The van der Waals surface area contributed by atoms with Crippen molar-refractivity contribution < 1.29 is 22.4 Å². The van der Waals surface area contributed by atoms with Gasteiger partial charge in [-0.2, -0.15) is 0 Å². The molecule has 9 heteroatoms. The van der Waals surface area contributed by atoms with Crippen LogP contribution in [0.3, 0.4) is 0 Å². The molecule has 0 saturated heterocycles. The highest BCUT2D eigenvalue weighted by molar-refractivity contribution is 7.92. The van der Waals surface area contributed by atoms with E-state index in [1.165, 1.54) is 28.6 Å². The molecule has 0 spiro atoms. The van der Waals surface area contributed by atoms with Crippen LogP contribution < -0.4 is 9.62 Å². The monoisotopic (exact) mass is 567 g/mol. The summed E-state index contributed by atoms with van der Waals surface area (Å²) < 4.78 is 39.5. The highest BCUT2D eigenvalue weighted by atomic mass is 32.2. The molecule has 0 saturated carbocycles. The molecule has 0 unspecified atom stereocenters. The molecule has 3 aromatic carbocycles. The maximum Gasteiger partial charge on any atom is 0.243 e. The second kappa shape index (κ2) is 14.6. The van der Waals surface area contributed by atoms with E-state index in [-0.39, 0.29) is 37.7 Å². The van der Waals surface area contributed by atoms with E-state index in [4.69, 9.17) is 0 Å². The van der Waals surface area contributed by atoms with Gasteiger partial charge in [-0.05, 0) is 55.2 Å². The number of amides is 2. The molecule has 40 heavy (non-hydrogen) atoms. The van der Waals surface area contributed by atoms with E-state index >= 15 is 0 Å². The van der Waals surface area contributed by atoms with Gasteiger partial charge in [-0.3, -0.25) is 13.9 Å². The molecular weight excluding hydrogens is 529 g/mol. The molecule has 214 valence electrons. The van der Waals surface area contributed by atoms with Crippen LogP contribution in [0.25, 0.3) is 0 Å². The maximum atomic E-state index is 13.8. The number of benzene rings is 3. The Bertz CT molecular complexity index is 1350. The number of nitrogens with one attached hydrogen (secondary N) is 1. The first kappa shape index (κ1) is 30.8. The van der Waals surface area contributed by atoms with E-state index in [0.717, 1.165) is 29.4 Å². The Balaban J connectivity index is 1.85. The number of sulfonamides is 1. The SMILES string of the molecule is CCCNC(=O)[C@H](Cc1ccccc1)N(Cc1ccc(C)cc1)C(=O)CCCN(c1ccc(F)cc1)S(C)(=O)=O. The van der Waals surface area contributed by atoms with E-state index in [2.05, 4.69) is 5.32 Å². The standard InChI is InChI=1S/C31H38FN3O4S/c1-4-20-33-31(37)29(22-25-9-6-5-7-10-25)34(23-26-14-12-24(2)13-15-26)30(36)11-8-21-35(40(3,38)39)28-18-16-27(32)17-19-28/h5-7,9-10,12-19,29H,4,8,11,20-23H2,1-3H3,(H,33,37)/t29-/m0/s1. The first-order valence-electron chi connectivity index (χ1n) is 13.5. The fourth-order valence-electron chi connectivity index (χ4n) is 4.42. The maximum absolute atomic E-state index is 13.8. The number of anilines is 1. The minimum Gasteiger partial charge on any atom is -0.354 e.